The lowest BCUT2D eigenvalue weighted by Crippen LogP contribution is -2.38. The highest BCUT2D eigenvalue weighted by Gasteiger charge is 2.24. The van der Waals surface area contributed by atoms with E-state index in [4.69, 9.17) is 4.74 Å². The zero-order chi connectivity index (χ0) is 18.6. The van der Waals surface area contributed by atoms with E-state index in [1.807, 2.05) is 32.0 Å². The highest BCUT2D eigenvalue weighted by atomic mass is 16.5. The number of carbonyl (C=O) groups excluding carboxylic acids is 3. The monoisotopic (exact) mass is 346 g/mol. The number of hydrogen-bond donors (Lipinski definition) is 1. The second kappa shape index (κ2) is 8.14. The summed E-state index contributed by atoms with van der Waals surface area (Å²) in [5, 5.41) is 2.72. The van der Waals surface area contributed by atoms with Crippen LogP contribution >= 0.6 is 0 Å². The number of anilines is 2. The molecule has 1 aromatic carbocycles. The molecule has 136 valence electrons. The van der Waals surface area contributed by atoms with Gasteiger partial charge in [-0.05, 0) is 30.5 Å². The molecule has 6 heteroatoms. The van der Waals surface area contributed by atoms with Gasteiger partial charge < -0.3 is 15.0 Å². The Hall–Kier alpha value is -2.37. The maximum Gasteiger partial charge on any atom is 0.308 e. The summed E-state index contributed by atoms with van der Waals surface area (Å²) in [6.07, 6.45) is 1.85. The third-order valence-corrected chi connectivity index (χ3v) is 4.06. The van der Waals surface area contributed by atoms with Gasteiger partial charge in [-0.25, -0.2) is 0 Å². The fourth-order valence-corrected chi connectivity index (χ4v) is 2.69. The zero-order valence-electron chi connectivity index (χ0n) is 15.3. The van der Waals surface area contributed by atoms with Crippen molar-refractivity contribution in [3.8, 4) is 0 Å². The first kappa shape index (κ1) is 19.0. The third kappa shape index (κ3) is 4.81. The Kier molecular flexibility index (Phi) is 6.17. The molecule has 0 saturated heterocycles. The summed E-state index contributed by atoms with van der Waals surface area (Å²) in [5.74, 6) is -1.08. The van der Waals surface area contributed by atoms with Crippen LogP contribution in [-0.2, 0) is 25.5 Å². The van der Waals surface area contributed by atoms with Gasteiger partial charge in [0.25, 0.3) is 5.91 Å². The van der Waals surface area contributed by atoms with Crippen molar-refractivity contribution in [3.63, 3.8) is 0 Å². The maximum atomic E-state index is 12.4. The van der Waals surface area contributed by atoms with E-state index in [0.29, 0.717) is 12.2 Å². The first-order chi connectivity index (χ1) is 11.8. The number of esters is 1. The number of benzene rings is 1. The van der Waals surface area contributed by atoms with Crippen LogP contribution < -0.4 is 10.2 Å². The second-order valence-corrected chi connectivity index (χ2v) is 6.90. The summed E-state index contributed by atoms with van der Waals surface area (Å²) in [7, 11) is 0. The van der Waals surface area contributed by atoms with Gasteiger partial charge in [-0.3, -0.25) is 14.4 Å². The minimum atomic E-state index is -0.408. The molecule has 1 aromatic rings. The quantitative estimate of drug-likeness (QED) is 0.832. The van der Waals surface area contributed by atoms with Crippen molar-refractivity contribution in [2.24, 2.45) is 11.8 Å². The second-order valence-electron chi connectivity index (χ2n) is 6.90. The van der Waals surface area contributed by atoms with Crippen LogP contribution in [-0.4, -0.2) is 30.9 Å². The molecule has 1 aliphatic rings. The fraction of sp³-hybridized carbons (Fsp3) is 0.526. The molecular weight excluding hydrogens is 320 g/mol. The Morgan fingerprint density at radius 2 is 1.88 bits per heavy atom. The Bertz CT molecular complexity index is 667. The third-order valence-electron chi connectivity index (χ3n) is 4.06. The van der Waals surface area contributed by atoms with Crippen LogP contribution in [0.4, 0.5) is 11.4 Å². The van der Waals surface area contributed by atoms with Crippen LogP contribution in [0.5, 0.6) is 0 Å². The Balaban J connectivity index is 2.09. The molecule has 0 aromatic heterocycles. The summed E-state index contributed by atoms with van der Waals surface area (Å²) < 4.78 is 4.93. The minimum Gasteiger partial charge on any atom is -0.455 e. The lowest BCUT2D eigenvalue weighted by molar-refractivity contribution is -0.150. The molecule has 25 heavy (non-hydrogen) atoms. The molecule has 0 bridgehead atoms. The Morgan fingerprint density at radius 3 is 2.52 bits per heavy atom. The average molecular weight is 346 g/mol. The van der Waals surface area contributed by atoms with Gasteiger partial charge in [-0.2, -0.15) is 0 Å². The van der Waals surface area contributed by atoms with Crippen molar-refractivity contribution in [2.75, 3.05) is 23.4 Å². The predicted octanol–water partition coefficient (Wildman–Crippen LogP) is 2.76. The normalized spacial score (nSPS) is 13.6. The molecule has 2 rings (SSSR count). The number of fused-ring (bicyclic) bond motifs is 1. The van der Waals surface area contributed by atoms with Gasteiger partial charge in [-0.1, -0.05) is 33.8 Å². The van der Waals surface area contributed by atoms with Crippen molar-refractivity contribution < 1.29 is 19.1 Å². The fourth-order valence-electron chi connectivity index (χ4n) is 2.69. The maximum absolute atomic E-state index is 12.4. The lowest BCUT2D eigenvalue weighted by atomic mass is 9.99. The van der Waals surface area contributed by atoms with Crippen LogP contribution in [0.1, 0.15) is 39.7 Å². The van der Waals surface area contributed by atoms with Crippen molar-refractivity contribution in [1.82, 2.24) is 0 Å². The molecular formula is C19H26N2O4. The summed E-state index contributed by atoms with van der Waals surface area (Å²) in [6, 6.07) is 5.56. The highest BCUT2D eigenvalue weighted by molar-refractivity contribution is 5.98. The number of ether oxygens (including phenoxy) is 1. The number of rotatable bonds is 5. The van der Waals surface area contributed by atoms with Crippen molar-refractivity contribution in [3.05, 3.63) is 23.8 Å². The summed E-state index contributed by atoms with van der Waals surface area (Å²) in [6.45, 7) is 7.56. The van der Waals surface area contributed by atoms with Crippen molar-refractivity contribution >= 4 is 29.2 Å². The predicted molar refractivity (Wildman–Crippen MR) is 96.4 cm³/mol. The highest BCUT2D eigenvalue weighted by Crippen LogP contribution is 2.31. The van der Waals surface area contributed by atoms with Crippen LogP contribution in [0.3, 0.4) is 0 Å². The Labute approximate surface area is 148 Å². The molecule has 1 aliphatic heterocycles. The molecule has 1 N–H and O–H groups in total. The zero-order valence-corrected chi connectivity index (χ0v) is 15.3. The van der Waals surface area contributed by atoms with Crippen LogP contribution in [0.15, 0.2) is 18.2 Å². The summed E-state index contributed by atoms with van der Waals surface area (Å²) >= 11 is 0. The molecule has 0 fully saturated rings. The average Bonchev–Trinajstić information content (AvgIpc) is 2.58. The topological polar surface area (TPSA) is 75.7 Å². The van der Waals surface area contributed by atoms with Crippen molar-refractivity contribution in [2.45, 2.75) is 40.5 Å². The van der Waals surface area contributed by atoms with Crippen molar-refractivity contribution in [1.29, 1.82) is 0 Å². The largest absolute Gasteiger partial charge is 0.455 e. The number of amides is 2. The van der Waals surface area contributed by atoms with Gasteiger partial charge in [0.2, 0.25) is 5.91 Å². The lowest BCUT2D eigenvalue weighted by Gasteiger charge is -2.31. The smallest absolute Gasteiger partial charge is 0.308 e. The number of nitrogens with zero attached hydrogens (tertiary/aromatic N) is 1. The molecule has 0 saturated carbocycles. The van der Waals surface area contributed by atoms with Gasteiger partial charge in [-0.15, -0.1) is 0 Å². The van der Waals surface area contributed by atoms with Crippen LogP contribution in [0.2, 0.25) is 0 Å². The molecule has 2 amide bonds. The Morgan fingerprint density at radius 1 is 1.16 bits per heavy atom. The molecule has 6 nitrogen and oxygen atoms in total. The molecule has 0 radical (unpaired) electrons. The first-order valence-electron chi connectivity index (χ1n) is 8.70. The van der Waals surface area contributed by atoms with E-state index in [2.05, 4.69) is 5.32 Å². The van der Waals surface area contributed by atoms with E-state index in [0.717, 1.165) is 24.1 Å². The van der Waals surface area contributed by atoms with Gasteiger partial charge in [0.05, 0.1) is 5.92 Å². The molecule has 0 atom stereocenters. The van der Waals surface area contributed by atoms with Gasteiger partial charge in [0.1, 0.15) is 0 Å². The van der Waals surface area contributed by atoms with E-state index < -0.39 is 11.9 Å². The van der Waals surface area contributed by atoms with Gasteiger partial charge in [0, 0.05) is 23.8 Å². The number of hydrogen-bond acceptors (Lipinski definition) is 4. The van der Waals surface area contributed by atoms with E-state index >= 15 is 0 Å². The van der Waals surface area contributed by atoms with E-state index in [-0.39, 0.29) is 24.3 Å². The van der Waals surface area contributed by atoms with E-state index in [9.17, 15) is 14.4 Å². The standard InChI is InChI=1S/C19H26N2O4/c1-12(2)18(23)21-9-5-6-14-7-8-15(10-16(14)21)20-17(22)11-25-19(24)13(3)4/h7-8,10,12-13H,5-6,9,11H2,1-4H3,(H,20,22). The minimum absolute atomic E-state index is 0.0790. The van der Waals surface area contributed by atoms with Gasteiger partial charge >= 0.3 is 5.97 Å². The van der Waals surface area contributed by atoms with E-state index in [1.165, 1.54) is 0 Å². The summed E-state index contributed by atoms with van der Waals surface area (Å²) in [5.41, 5.74) is 2.54. The van der Waals surface area contributed by atoms with Crippen LogP contribution in [0, 0.1) is 11.8 Å². The number of carbonyl (C=O) groups is 3. The van der Waals surface area contributed by atoms with E-state index in [1.54, 1.807) is 18.7 Å². The summed E-state index contributed by atoms with van der Waals surface area (Å²) in [4.78, 5) is 37.6. The molecule has 0 unspecified atom stereocenters. The van der Waals surface area contributed by atoms with Gasteiger partial charge in [0.15, 0.2) is 6.61 Å². The molecule has 1 heterocycles. The number of aryl methyl sites for hydroxylation is 1. The molecule has 0 aliphatic carbocycles. The number of nitrogens with one attached hydrogen (secondary N) is 1. The van der Waals surface area contributed by atoms with Crippen LogP contribution in [0.25, 0.3) is 0 Å². The first-order valence-corrected chi connectivity index (χ1v) is 8.70. The molecule has 0 spiro atoms. The SMILES string of the molecule is CC(C)C(=O)OCC(=O)Nc1ccc2c(c1)N(C(=O)C(C)C)CCC2.